The summed E-state index contributed by atoms with van der Waals surface area (Å²) in [5, 5.41) is 5.32. The Morgan fingerprint density at radius 1 is 1.12 bits per heavy atom. The van der Waals surface area contributed by atoms with Crippen LogP contribution in [0.2, 0.25) is 0 Å². The predicted molar refractivity (Wildman–Crippen MR) is 114 cm³/mol. The molecule has 0 bridgehead atoms. The van der Waals surface area contributed by atoms with Gasteiger partial charge in [0.25, 0.3) is 0 Å². The number of rotatable bonds is 5. The highest BCUT2D eigenvalue weighted by atomic mass is 32.1. The lowest BCUT2D eigenvalue weighted by Crippen LogP contribution is -2.36. The molecule has 1 N–H and O–H groups in total. The standard InChI is InChI=1S/C23H30N2S/c1-4-6-22-20(15-16-9-10-16)19-7-5-8-21(23(19)26-22)24-17-11-13-18(14-12-17)25(2)3/h5,7-8,16-18,24H,9-15H2,1-3H3. The normalized spacial score (nSPS) is 23.1. The summed E-state index contributed by atoms with van der Waals surface area (Å²) in [6.07, 6.45) is 9.12. The Bertz CT molecular complexity index is 827. The molecule has 0 spiro atoms. The minimum Gasteiger partial charge on any atom is -0.381 e. The molecule has 3 heteroatoms. The Kier molecular flexibility index (Phi) is 5.25. The van der Waals surface area contributed by atoms with E-state index in [0.29, 0.717) is 6.04 Å². The lowest BCUT2D eigenvalue weighted by molar-refractivity contribution is 0.221. The van der Waals surface area contributed by atoms with Crippen LogP contribution in [-0.2, 0) is 6.42 Å². The van der Waals surface area contributed by atoms with Crippen molar-refractivity contribution in [2.24, 2.45) is 5.92 Å². The summed E-state index contributed by atoms with van der Waals surface area (Å²) < 4.78 is 1.41. The van der Waals surface area contributed by atoms with E-state index in [1.807, 2.05) is 18.3 Å². The average Bonchev–Trinajstić information content (AvgIpc) is 3.39. The van der Waals surface area contributed by atoms with Crippen LogP contribution < -0.4 is 5.32 Å². The van der Waals surface area contributed by atoms with E-state index in [2.05, 4.69) is 54.4 Å². The average molecular weight is 367 g/mol. The van der Waals surface area contributed by atoms with Crippen LogP contribution in [0.5, 0.6) is 0 Å². The number of fused-ring (bicyclic) bond motifs is 1. The molecule has 2 fully saturated rings. The van der Waals surface area contributed by atoms with E-state index < -0.39 is 0 Å². The van der Waals surface area contributed by atoms with Crippen molar-refractivity contribution >= 4 is 27.1 Å². The predicted octanol–water partition coefficient (Wildman–Crippen LogP) is 5.51. The van der Waals surface area contributed by atoms with Gasteiger partial charge in [0.15, 0.2) is 0 Å². The van der Waals surface area contributed by atoms with E-state index in [1.54, 1.807) is 0 Å². The summed E-state index contributed by atoms with van der Waals surface area (Å²) in [7, 11) is 4.42. The summed E-state index contributed by atoms with van der Waals surface area (Å²) >= 11 is 1.89. The van der Waals surface area contributed by atoms with Crippen molar-refractivity contribution in [2.75, 3.05) is 19.4 Å². The van der Waals surface area contributed by atoms with Crippen LogP contribution in [-0.4, -0.2) is 31.1 Å². The van der Waals surface area contributed by atoms with Gasteiger partial charge in [-0.2, -0.15) is 0 Å². The third-order valence-electron chi connectivity index (χ3n) is 6.03. The molecule has 1 heterocycles. The largest absolute Gasteiger partial charge is 0.381 e. The zero-order chi connectivity index (χ0) is 18.1. The molecule has 138 valence electrons. The number of nitrogens with zero attached hydrogens (tertiary/aromatic N) is 1. The van der Waals surface area contributed by atoms with E-state index in [4.69, 9.17) is 0 Å². The first-order valence-electron chi connectivity index (χ1n) is 10.1. The lowest BCUT2D eigenvalue weighted by Gasteiger charge is -2.33. The lowest BCUT2D eigenvalue weighted by atomic mass is 9.90. The van der Waals surface area contributed by atoms with Crippen LogP contribution in [0.25, 0.3) is 10.1 Å². The Labute approximate surface area is 162 Å². The smallest absolute Gasteiger partial charge is 0.0813 e. The number of thiophene rings is 1. The van der Waals surface area contributed by atoms with E-state index in [9.17, 15) is 0 Å². The van der Waals surface area contributed by atoms with Crippen molar-refractivity contribution < 1.29 is 0 Å². The summed E-state index contributed by atoms with van der Waals surface area (Å²) in [4.78, 5) is 3.68. The van der Waals surface area contributed by atoms with Gasteiger partial charge >= 0.3 is 0 Å². The van der Waals surface area contributed by atoms with Gasteiger partial charge in [-0.25, -0.2) is 0 Å². The van der Waals surface area contributed by atoms with Gasteiger partial charge in [0.1, 0.15) is 0 Å². The maximum absolute atomic E-state index is 3.88. The second-order valence-corrected chi connectivity index (χ2v) is 9.25. The molecule has 0 atom stereocenters. The highest BCUT2D eigenvalue weighted by Gasteiger charge is 2.26. The van der Waals surface area contributed by atoms with Gasteiger partial charge in [-0.1, -0.05) is 18.1 Å². The van der Waals surface area contributed by atoms with Crippen LogP contribution in [0, 0.1) is 17.8 Å². The second-order valence-electron chi connectivity index (χ2n) is 8.23. The molecule has 2 saturated carbocycles. The summed E-state index contributed by atoms with van der Waals surface area (Å²) in [5.74, 6) is 7.41. The SMILES string of the molecule is CC#Cc1sc2c(NC3CCC(N(C)C)CC3)cccc2c1CC1CC1. The molecule has 0 unspecified atom stereocenters. The molecule has 0 aliphatic heterocycles. The van der Waals surface area contributed by atoms with E-state index >= 15 is 0 Å². The van der Waals surface area contributed by atoms with Gasteiger partial charge in [0.05, 0.1) is 15.3 Å². The second kappa shape index (κ2) is 7.62. The molecule has 0 radical (unpaired) electrons. The van der Waals surface area contributed by atoms with Crippen LogP contribution in [0.4, 0.5) is 5.69 Å². The molecule has 0 saturated heterocycles. The molecule has 1 aromatic carbocycles. The Hall–Kier alpha value is -1.50. The zero-order valence-corrected chi connectivity index (χ0v) is 17.1. The van der Waals surface area contributed by atoms with Crippen LogP contribution in [0.1, 0.15) is 55.9 Å². The maximum Gasteiger partial charge on any atom is 0.0813 e. The first-order chi connectivity index (χ1) is 12.7. The first kappa shape index (κ1) is 17.9. The molecule has 0 amide bonds. The van der Waals surface area contributed by atoms with Crippen molar-refractivity contribution in [1.29, 1.82) is 0 Å². The molecule has 2 aliphatic rings. The molecule has 2 aliphatic carbocycles. The zero-order valence-electron chi connectivity index (χ0n) is 16.3. The fourth-order valence-corrected chi connectivity index (χ4v) is 5.48. The molecule has 1 aromatic heterocycles. The van der Waals surface area contributed by atoms with E-state index in [0.717, 1.165) is 12.0 Å². The van der Waals surface area contributed by atoms with Crippen LogP contribution in [0.15, 0.2) is 18.2 Å². The van der Waals surface area contributed by atoms with Crippen molar-refractivity contribution in [3.05, 3.63) is 28.6 Å². The third-order valence-corrected chi connectivity index (χ3v) is 7.23. The minimum absolute atomic E-state index is 0.603. The maximum atomic E-state index is 3.88. The van der Waals surface area contributed by atoms with Crippen molar-refractivity contribution in [1.82, 2.24) is 4.90 Å². The van der Waals surface area contributed by atoms with Gasteiger partial charge in [-0.05, 0) is 88.9 Å². The van der Waals surface area contributed by atoms with Gasteiger partial charge < -0.3 is 10.2 Å². The van der Waals surface area contributed by atoms with E-state index in [-0.39, 0.29) is 0 Å². The number of hydrogen-bond acceptors (Lipinski definition) is 3. The molecule has 2 nitrogen and oxygen atoms in total. The molecule has 4 rings (SSSR count). The molecule has 26 heavy (non-hydrogen) atoms. The monoisotopic (exact) mass is 366 g/mol. The van der Waals surface area contributed by atoms with Crippen LogP contribution in [0.3, 0.4) is 0 Å². The molecular formula is C23H30N2S. The van der Waals surface area contributed by atoms with Gasteiger partial charge in [0.2, 0.25) is 0 Å². The minimum atomic E-state index is 0.603. The van der Waals surface area contributed by atoms with Crippen LogP contribution >= 0.6 is 11.3 Å². The summed E-state index contributed by atoms with van der Waals surface area (Å²) in [6, 6.07) is 8.15. The van der Waals surface area contributed by atoms with Gasteiger partial charge in [-0.3, -0.25) is 0 Å². The fourth-order valence-electron chi connectivity index (χ4n) is 4.27. The van der Waals surface area contributed by atoms with Crippen molar-refractivity contribution in [2.45, 2.75) is 64.0 Å². The highest BCUT2D eigenvalue weighted by molar-refractivity contribution is 7.20. The number of hydrogen-bond donors (Lipinski definition) is 1. The molecular weight excluding hydrogens is 336 g/mol. The van der Waals surface area contributed by atoms with Crippen molar-refractivity contribution in [3.63, 3.8) is 0 Å². The molecule has 2 aromatic rings. The van der Waals surface area contributed by atoms with Gasteiger partial charge in [-0.15, -0.1) is 17.3 Å². The number of benzene rings is 1. The Balaban J connectivity index is 1.58. The number of anilines is 1. The summed E-state index contributed by atoms with van der Waals surface area (Å²) in [5.41, 5.74) is 2.82. The highest BCUT2D eigenvalue weighted by Crippen LogP contribution is 2.41. The fraction of sp³-hybridized carbons (Fsp3) is 0.565. The van der Waals surface area contributed by atoms with Gasteiger partial charge in [0, 0.05) is 12.1 Å². The topological polar surface area (TPSA) is 15.3 Å². The third kappa shape index (κ3) is 3.77. The summed E-state index contributed by atoms with van der Waals surface area (Å²) in [6.45, 7) is 1.95. The quantitative estimate of drug-likeness (QED) is 0.702. The van der Waals surface area contributed by atoms with Crippen molar-refractivity contribution in [3.8, 4) is 11.8 Å². The van der Waals surface area contributed by atoms with E-state index in [1.165, 1.54) is 71.2 Å². The number of nitrogens with one attached hydrogen (secondary N) is 1. The Morgan fingerprint density at radius 3 is 2.54 bits per heavy atom. The Morgan fingerprint density at radius 2 is 1.88 bits per heavy atom. The first-order valence-corrected chi connectivity index (χ1v) is 10.9.